The van der Waals surface area contributed by atoms with Gasteiger partial charge in [-0.2, -0.15) is 11.8 Å². The van der Waals surface area contributed by atoms with Crippen molar-refractivity contribution >= 4 is 27.7 Å². The van der Waals surface area contributed by atoms with E-state index in [1.165, 1.54) is 12.2 Å². The number of H-pyrrole nitrogens is 1. The second-order valence-electron chi connectivity index (χ2n) is 3.32. The van der Waals surface area contributed by atoms with Crippen molar-refractivity contribution in [2.45, 2.75) is 18.8 Å². The molecule has 2 rings (SSSR count). The summed E-state index contributed by atoms with van der Waals surface area (Å²) >= 11 is 5.23. The number of nitrogens with zero attached hydrogens (tertiary/aromatic N) is 2. The van der Waals surface area contributed by atoms with Crippen LogP contribution in [0.5, 0.6) is 0 Å². The Kier molecular flexibility index (Phi) is 2.16. The lowest BCUT2D eigenvalue weighted by Gasteiger charge is -2.17. The molecule has 1 N–H and O–H groups in total. The van der Waals surface area contributed by atoms with Crippen molar-refractivity contribution in [1.29, 1.82) is 0 Å². The molecule has 1 aliphatic heterocycles. The predicted octanol–water partition coefficient (Wildman–Crippen LogP) is 1.96. The van der Waals surface area contributed by atoms with Gasteiger partial charge >= 0.3 is 0 Å². The normalized spacial score (nSPS) is 29.5. The average Bonchev–Trinajstić information content (AvgIpc) is 2.59. The quantitative estimate of drug-likeness (QED) is 0.826. The summed E-state index contributed by atoms with van der Waals surface area (Å²) in [4.78, 5) is 4.30. The van der Waals surface area contributed by atoms with Gasteiger partial charge in [-0.3, -0.25) is 5.10 Å². The molecule has 0 radical (unpaired) electrons. The molecule has 0 saturated carbocycles. The Morgan fingerprint density at radius 3 is 3.00 bits per heavy atom. The third kappa shape index (κ3) is 1.40. The second kappa shape index (κ2) is 3.03. The number of rotatable bonds is 1. The Bertz CT molecular complexity index is 280. The van der Waals surface area contributed by atoms with E-state index < -0.39 is 0 Å². The first-order valence-electron chi connectivity index (χ1n) is 3.87. The van der Waals surface area contributed by atoms with Gasteiger partial charge < -0.3 is 0 Å². The molecule has 0 amide bonds. The smallest absolute Gasteiger partial charge is 0.217 e. The van der Waals surface area contributed by atoms with Gasteiger partial charge in [-0.05, 0) is 28.1 Å². The minimum absolute atomic E-state index is 0.212. The molecule has 1 unspecified atom stereocenters. The van der Waals surface area contributed by atoms with Crippen LogP contribution < -0.4 is 0 Å². The van der Waals surface area contributed by atoms with E-state index in [4.69, 9.17) is 0 Å². The lowest BCUT2D eigenvalue weighted by molar-refractivity contribution is 0.506. The molecular formula is C7H10BrN3S. The third-order valence-corrected chi connectivity index (χ3v) is 3.94. The summed E-state index contributed by atoms with van der Waals surface area (Å²) in [5.74, 6) is 3.39. The lowest BCUT2D eigenvalue weighted by atomic mass is 9.90. The number of hydrogen-bond acceptors (Lipinski definition) is 3. The summed E-state index contributed by atoms with van der Waals surface area (Å²) in [6.07, 6.45) is 1.19. The SMILES string of the molecule is CC1(c2nc(Br)n[nH]2)CCSC1. The molecular weight excluding hydrogens is 238 g/mol. The number of aromatic nitrogens is 3. The van der Waals surface area contributed by atoms with Gasteiger partial charge in [-0.25, -0.2) is 4.98 Å². The predicted molar refractivity (Wildman–Crippen MR) is 53.4 cm³/mol. The summed E-state index contributed by atoms with van der Waals surface area (Å²) in [6.45, 7) is 2.24. The molecule has 1 fully saturated rings. The first-order valence-corrected chi connectivity index (χ1v) is 5.82. The van der Waals surface area contributed by atoms with E-state index in [9.17, 15) is 0 Å². The van der Waals surface area contributed by atoms with E-state index in [-0.39, 0.29) is 5.41 Å². The zero-order valence-electron chi connectivity index (χ0n) is 6.80. The van der Waals surface area contributed by atoms with Gasteiger partial charge in [0.25, 0.3) is 0 Å². The van der Waals surface area contributed by atoms with Crippen LogP contribution in [0.3, 0.4) is 0 Å². The van der Waals surface area contributed by atoms with E-state index >= 15 is 0 Å². The molecule has 1 aromatic rings. The fourth-order valence-electron chi connectivity index (χ4n) is 1.37. The Hall–Kier alpha value is -0.0300. The molecule has 0 aromatic carbocycles. The number of halogens is 1. The van der Waals surface area contributed by atoms with Crippen LogP contribution in [0.25, 0.3) is 0 Å². The molecule has 1 atom stereocenters. The summed E-state index contributed by atoms with van der Waals surface area (Å²) in [7, 11) is 0. The Morgan fingerprint density at radius 2 is 2.50 bits per heavy atom. The van der Waals surface area contributed by atoms with E-state index in [2.05, 4.69) is 38.0 Å². The molecule has 2 heterocycles. The van der Waals surface area contributed by atoms with Crippen molar-refractivity contribution < 1.29 is 0 Å². The summed E-state index contributed by atoms with van der Waals surface area (Å²) in [5, 5.41) is 6.94. The highest BCUT2D eigenvalue weighted by molar-refractivity contribution is 9.10. The number of thioether (sulfide) groups is 1. The van der Waals surface area contributed by atoms with Crippen LogP contribution in [0.1, 0.15) is 19.2 Å². The Labute approximate surface area is 83.9 Å². The first-order chi connectivity index (χ1) is 5.71. The minimum atomic E-state index is 0.212. The largest absolute Gasteiger partial charge is 0.262 e. The maximum absolute atomic E-state index is 4.30. The molecule has 12 heavy (non-hydrogen) atoms. The fraction of sp³-hybridized carbons (Fsp3) is 0.714. The van der Waals surface area contributed by atoms with Gasteiger partial charge in [-0.1, -0.05) is 6.92 Å². The highest BCUT2D eigenvalue weighted by Crippen LogP contribution is 2.36. The van der Waals surface area contributed by atoms with Gasteiger partial charge in [0.2, 0.25) is 4.73 Å². The molecule has 0 bridgehead atoms. The van der Waals surface area contributed by atoms with Crippen molar-refractivity contribution in [3.63, 3.8) is 0 Å². The first kappa shape index (κ1) is 8.56. The van der Waals surface area contributed by atoms with Crippen molar-refractivity contribution in [3.05, 3.63) is 10.6 Å². The molecule has 5 heteroatoms. The van der Waals surface area contributed by atoms with E-state index in [0.29, 0.717) is 4.73 Å². The zero-order chi connectivity index (χ0) is 8.60. The van der Waals surface area contributed by atoms with E-state index in [1.807, 2.05) is 11.8 Å². The highest BCUT2D eigenvalue weighted by Gasteiger charge is 2.34. The van der Waals surface area contributed by atoms with E-state index in [0.717, 1.165) is 11.6 Å². The van der Waals surface area contributed by atoms with Crippen LogP contribution in [-0.4, -0.2) is 26.7 Å². The summed E-state index contributed by atoms with van der Waals surface area (Å²) < 4.78 is 0.663. The maximum atomic E-state index is 4.30. The average molecular weight is 248 g/mol. The van der Waals surface area contributed by atoms with Gasteiger partial charge in [0.05, 0.1) is 0 Å². The number of hydrogen-bond donors (Lipinski definition) is 1. The van der Waals surface area contributed by atoms with Crippen molar-refractivity contribution in [1.82, 2.24) is 15.2 Å². The molecule has 66 valence electrons. The third-order valence-electron chi connectivity index (χ3n) is 2.25. The monoisotopic (exact) mass is 247 g/mol. The number of aromatic amines is 1. The van der Waals surface area contributed by atoms with Crippen LogP contribution in [0.4, 0.5) is 0 Å². The molecule has 1 aromatic heterocycles. The summed E-state index contributed by atoms with van der Waals surface area (Å²) in [6, 6.07) is 0. The molecule has 1 aliphatic rings. The fourth-order valence-corrected chi connectivity index (χ4v) is 3.10. The van der Waals surface area contributed by atoms with Crippen LogP contribution >= 0.6 is 27.7 Å². The van der Waals surface area contributed by atoms with Crippen molar-refractivity contribution in [2.24, 2.45) is 0 Å². The van der Waals surface area contributed by atoms with Crippen molar-refractivity contribution in [3.8, 4) is 0 Å². The second-order valence-corrected chi connectivity index (χ2v) is 5.13. The zero-order valence-corrected chi connectivity index (χ0v) is 9.20. The van der Waals surface area contributed by atoms with Crippen molar-refractivity contribution in [2.75, 3.05) is 11.5 Å². The summed E-state index contributed by atoms with van der Waals surface area (Å²) in [5.41, 5.74) is 0.212. The minimum Gasteiger partial charge on any atom is -0.262 e. The van der Waals surface area contributed by atoms with Gasteiger partial charge in [0.1, 0.15) is 5.82 Å². The van der Waals surface area contributed by atoms with Crippen LogP contribution in [-0.2, 0) is 5.41 Å². The topological polar surface area (TPSA) is 41.6 Å². The van der Waals surface area contributed by atoms with Crippen LogP contribution in [0, 0.1) is 0 Å². The Balaban J connectivity index is 2.28. The van der Waals surface area contributed by atoms with Gasteiger partial charge in [-0.15, -0.1) is 5.10 Å². The van der Waals surface area contributed by atoms with E-state index in [1.54, 1.807) is 0 Å². The molecule has 0 spiro atoms. The van der Waals surface area contributed by atoms with Crippen LogP contribution in [0.15, 0.2) is 4.73 Å². The molecule has 0 aliphatic carbocycles. The van der Waals surface area contributed by atoms with Gasteiger partial charge in [0.15, 0.2) is 0 Å². The number of nitrogens with one attached hydrogen (secondary N) is 1. The molecule has 1 saturated heterocycles. The maximum Gasteiger partial charge on any atom is 0.217 e. The lowest BCUT2D eigenvalue weighted by Crippen LogP contribution is -2.22. The standard InChI is InChI=1S/C7H10BrN3S/c1-7(2-3-12-4-7)5-9-6(8)11-10-5/h2-4H2,1H3,(H,9,10,11). The molecule has 3 nitrogen and oxygen atoms in total. The Morgan fingerprint density at radius 1 is 1.67 bits per heavy atom. The highest BCUT2D eigenvalue weighted by atomic mass is 79.9. The van der Waals surface area contributed by atoms with Crippen LogP contribution in [0.2, 0.25) is 0 Å². The van der Waals surface area contributed by atoms with Gasteiger partial charge in [0, 0.05) is 11.2 Å².